The SMILES string of the molecule is NCCCC(=O)O.NCCCCC(N)C(=O)O. The third kappa shape index (κ3) is 17.4. The van der Waals surface area contributed by atoms with Crippen molar-refractivity contribution in [3.05, 3.63) is 0 Å². The highest BCUT2D eigenvalue weighted by Gasteiger charge is 2.09. The zero-order chi connectivity index (χ0) is 13.7. The summed E-state index contributed by atoms with van der Waals surface area (Å²) < 4.78 is 0. The van der Waals surface area contributed by atoms with E-state index >= 15 is 0 Å². The Morgan fingerprint density at radius 2 is 1.53 bits per heavy atom. The zero-order valence-corrected chi connectivity index (χ0v) is 9.97. The van der Waals surface area contributed by atoms with Gasteiger partial charge in [0, 0.05) is 6.42 Å². The van der Waals surface area contributed by atoms with E-state index in [0.717, 1.165) is 12.8 Å². The van der Waals surface area contributed by atoms with Gasteiger partial charge >= 0.3 is 11.9 Å². The molecule has 0 rings (SSSR count). The third-order valence-electron chi connectivity index (χ3n) is 1.88. The Kier molecular flexibility index (Phi) is 13.8. The summed E-state index contributed by atoms with van der Waals surface area (Å²) in [6.07, 6.45) is 2.93. The molecule has 0 aliphatic rings. The highest BCUT2D eigenvalue weighted by molar-refractivity contribution is 5.72. The molecule has 0 bridgehead atoms. The number of hydrogen-bond donors (Lipinski definition) is 5. The van der Waals surface area contributed by atoms with Gasteiger partial charge in [0.25, 0.3) is 0 Å². The molecule has 102 valence electrons. The summed E-state index contributed by atoms with van der Waals surface area (Å²) in [5.74, 6) is -1.71. The van der Waals surface area contributed by atoms with Crippen molar-refractivity contribution in [2.75, 3.05) is 13.1 Å². The third-order valence-corrected chi connectivity index (χ3v) is 1.88. The molecule has 0 aromatic carbocycles. The molecule has 17 heavy (non-hydrogen) atoms. The topological polar surface area (TPSA) is 153 Å². The fraction of sp³-hybridized carbons (Fsp3) is 0.800. The molecule has 0 saturated carbocycles. The molecule has 0 fully saturated rings. The van der Waals surface area contributed by atoms with Crippen LogP contribution in [0.2, 0.25) is 0 Å². The number of carbonyl (C=O) groups is 2. The lowest BCUT2D eigenvalue weighted by Gasteiger charge is -2.03. The van der Waals surface area contributed by atoms with E-state index in [1.54, 1.807) is 0 Å². The zero-order valence-electron chi connectivity index (χ0n) is 9.97. The van der Waals surface area contributed by atoms with E-state index in [9.17, 15) is 9.59 Å². The first kappa shape index (κ1) is 18.2. The van der Waals surface area contributed by atoms with Crippen molar-refractivity contribution in [3.8, 4) is 0 Å². The van der Waals surface area contributed by atoms with Crippen LogP contribution in [0.4, 0.5) is 0 Å². The van der Waals surface area contributed by atoms with Gasteiger partial charge in [-0.05, 0) is 32.4 Å². The highest BCUT2D eigenvalue weighted by atomic mass is 16.4. The first-order valence-corrected chi connectivity index (χ1v) is 5.56. The largest absolute Gasteiger partial charge is 0.481 e. The molecule has 0 aromatic heterocycles. The van der Waals surface area contributed by atoms with Crippen LogP contribution >= 0.6 is 0 Å². The number of carboxylic acids is 2. The predicted octanol–water partition coefficient (Wildman–Crippen LogP) is -0.663. The summed E-state index contributed by atoms with van der Waals surface area (Å²) >= 11 is 0. The van der Waals surface area contributed by atoms with Gasteiger partial charge in [0.15, 0.2) is 0 Å². The Balaban J connectivity index is 0. The number of rotatable bonds is 8. The van der Waals surface area contributed by atoms with Crippen LogP contribution in [0.5, 0.6) is 0 Å². The quantitative estimate of drug-likeness (QED) is 0.358. The van der Waals surface area contributed by atoms with Crippen LogP contribution in [0.3, 0.4) is 0 Å². The lowest BCUT2D eigenvalue weighted by atomic mass is 10.1. The highest BCUT2D eigenvalue weighted by Crippen LogP contribution is 1.96. The van der Waals surface area contributed by atoms with E-state index in [1.807, 2.05) is 0 Å². The van der Waals surface area contributed by atoms with Crippen molar-refractivity contribution in [1.29, 1.82) is 0 Å². The Morgan fingerprint density at radius 1 is 1.00 bits per heavy atom. The van der Waals surface area contributed by atoms with Gasteiger partial charge in [-0.3, -0.25) is 9.59 Å². The molecule has 0 amide bonds. The van der Waals surface area contributed by atoms with E-state index in [0.29, 0.717) is 25.9 Å². The smallest absolute Gasteiger partial charge is 0.320 e. The second-order valence-electron chi connectivity index (χ2n) is 3.52. The van der Waals surface area contributed by atoms with Gasteiger partial charge in [0.1, 0.15) is 6.04 Å². The minimum atomic E-state index is -0.933. The summed E-state index contributed by atoms with van der Waals surface area (Å²) in [4.78, 5) is 19.8. The van der Waals surface area contributed by atoms with Crippen molar-refractivity contribution < 1.29 is 19.8 Å². The first-order valence-electron chi connectivity index (χ1n) is 5.56. The number of carboxylic acid groups (broad SMARTS) is 2. The Bertz CT molecular complexity index is 212. The van der Waals surface area contributed by atoms with Crippen LogP contribution < -0.4 is 17.2 Å². The van der Waals surface area contributed by atoms with E-state index in [-0.39, 0.29) is 6.42 Å². The molecule has 1 unspecified atom stereocenters. The average Bonchev–Trinajstić information content (AvgIpc) is 2.27. The second-order valence-corrected chi connectivity index (χ2v) is 3.52. The normalized spacial score (nSPS) is 11.2. The van der Waals surface area contributed by atoms with Crippen molar-refractivity contribution in [1.82, 2.24) is 0 Å². The molecule has 7 heteroatoms. The Labute approximate surface area is 101 Å². The summed E-state index contributed by atoms with van der Waals surface area (Å²) in [6, 6.07) is -0.716. The van der Waals surface area contributed by atoms with Gasteiger partial charge in [0.05, 0.1) is 0 Å². The van der Waals surface area contributed by atoms with E-state index in [4.69, 9.17) is 27.4 Å². The van der Waals surface area contributed by atoms with Gasteiger partial charge in [-0.25, -0.2) is 0 Å². The van der Waals surface area contributed by atoms with Crippen molar-refractivity contribution in [2.45, 2.75) is 38.1 Å². The lowest BCUT2D eigenvalue weighted by molar-refractivity contribution is -0.139. The van der Waals surface area contributed by atoms with E-state index < -0.39 is 18.0 Å². The molecule has 0 radical (unpaired) electrons. The molecule has 0 aliphatic heterocycles. The van der Waals surface area contributed by atoms with Crippen LogP contribution in [-0.4, -0.2) is 41.3 Å². The van der Waals surface area contributed by atoms with Crippen molar-refractivity contribution >= 4 is 11.9 Å². The number of aliphatic carboxylic acids is 2. The molecule has 0 heterocycles. The van der Waals surface area contributed by atoms with Gasteiger partial charge in [-0.15, -0.1) is 0 Å². The molecular weight excluding hydrogens is 226 g/mol. The fourth-order valence-electron chi connectivity index (χ4n) is 0.885. The molecule has 0 aliphatic carbocycles. The van der Waals surface area contributed by atoms with E-state index in [2.05, 4.69) is 0 Å². The Morgan fingerprint density at radius 3 is 1.82 bits per heavy atom. The van der Waals surface area contributed by atoms with Crippen molar-refractivity contribution in [3.63, 3.8) is 0 Å². The molecule has 0 aromatic rings. The number of nitrogens with two attached hydrogens (primary N) is 3. The maximum absolute atomic E-state index is 10.1. The first-order chi connectivity index (χ1) is 7.95. The van der Waals surface area contributed by atoms with Crippen LogP contribution in [-0.2, 0) is 9.59 Å². The van der Waals surface area contributed by atoms with Crippen LogP contribution in [0.1, 0.15) is 32.1 Å². The lowest BCUT2D eigenvalue weighted by Crippen LogP contribution is -2.29. The van der Waals surface area contributed by atoms with Gasteiger partial charge in [-0.2, -0.15) is 0 Å². The predicted molar refractivity (Wildman–Crippen MR) is 64.4 cm³/mol. The molecule has 7 nitrogen and oxygen atoms in total. The summed E-state index contributed by atoms with van der Waals surface area (Å²) in [6.45, 7) is 1.07. The summed E-state index contributed by atoms with van der Waals surface area (Å²) in [7, 11) is 0. The second kappa shape index (κ2) is 12.9. The molecule has 0 spiro atoms. The summed E-state index contributed by atoms with van der Waals surface area (Å²) in [5, 5.41) is 16.3. The van der Waals surface area contributed by atoms with Gasteiger partial charge < -0.3 is 27.4 Å². The average molecular weight is 249 g/mol. The molecule has 1 atom stereocenters. The monoisotopic (exact) mass is 249 g/mol. The number of unbranched alkanes of at least 4 members (excludes halogenated alkanes) is 1. The maximum atomic E-state index is 10.1. The van der Waals surface area contributed by atoms with Crippen molar-refractivity contribution in [2.24, 2.45) is 17.2 Å². The maximum Gasteiger partial charge on any atom is 0.320 e. The van der Waals surface area contributed by atoms with Gasteiger partial charge in [0.2, 0.25) is 0 Å². The molecule has 0 saturated heterocycles. The minimum Gasteiger partial charge on any atom is -0.481 e. The molecule has 8 N–H and O–H groups in total. The minimum absolute atomic E-state index is 0.191. The molecular formula is C10H23N3O4. The number of hydrogen-bond acceptors (Lipinski definition) is 5. The van der Waals surface area contributed by atoms with Crippen LogP contribution in [0.15, 0.2) is 0 Å². The van der Waals surface area contributed by atoms with E-state index in [1.165, 1.54) is 0 Å². The fourth-order valence-corrected chi connectivity index (χ4v) is 0.885. The van der Waals surface area contributed by atoms with Gasteiger partial charge in [-0.1, -0.05) is 6.42 Å². The standard InChI is InChI=1S/C6H14N2O2.C4H9NO2/c7-4-2-1-3-5(8)6(9)10;5-3-1-2-4(6)7/h5H,1-4,7-8H2,(H,9,10);1-3,5H2,(H,6,7). The van der Waals surface area contributed by atoms with Crippen LogP contribution in [0.25, 0.3) is 0 Å². The summed E-state index contributed by atoms with van der Waals surface area (Å²) in [5.41, 5.74) is 15.4. The van der Waals surface area contributed by atoms with Crippen LogP contribution in [0, 0.1) is 0 Å². The Hall–Kier alpha value is -1.18.